The second kappa shape index (κ2) is 11.2. The first kappa shape index (κ1) is 23.8. The van der Waals surface area contributed by atoms with Gasteiger partial charge in [0.15, 0.2) is 0 Å². The van der Waals surface area contributed by atoms with Crippen LogP contribution in [0.25, 0.3) is 6.08 Å². The van der Waals surface area contributed by atoms with Crippen LogP contribution in [0.5, 0.6) is 0 Å². The van der Waals surface area contributed by atoms with Gasteiger partial charge in [-0.25, -0.2) is 0 Å². The Kier molecular flexibility index (Phi) is 8.07. The molecule has 2 aliphatic rings. The first-order valence-electron chi connectivity index (χ1n) is 11.5. The predicted octanol–water partition coefficient (Wildman–Crippen LogP) is 4.73. The zero-order chi connectivity index (χ0) is 23.2. The fourth-order valence-corrected chi connectivity index (χ4v) is 4.87. The molecule has 2 saturated heterocycles. The molecule has 0 aliphatic carbocycles. The van der Waals surface area contributed by atoms with Gasteiger partial charge >= 0.3 is 0 Å². The van der Waals surface area contributed by atoms with Crippen molar-refractivity contribution in [3.05, 3.63) is 75.8 Å². The number of rotatable bonds is 5. The Morgan fingerprint density at radius 2 is 1.70 bits per heavy atom. The van der Waals surface area contributed by atoms with E-state index in [2.05, 4.69) is 29.2 Å². The Morgan fingerprint density at radius 1 is 0.939 bits per heavy atom. The minimum atomic E-state index is -0.0894. The van der Waals surface area contributed by atoms with Crippen LogP contribution in [-0.4, -0.2) is 65.3 Å². The number of carbonyl (C=O) groups is 2. The van der Waals surface area contributed by atoms with Crippen LogP contribution < -0.4 is 0 Å². The second-order valence-electron chi connectivity index (χ2n) is 8.66. The third-order valence-corrected chi connectivity index (χ3v) is 7.19. The Bertz CT molecular complexity index is 1000. The molecule has 2 fully saturated rings. The van der Waals surface area contributed by atoms with Gasteiger partial charge in [0.2, 0.25) is 11.8 Å². The third kappa shape index (κ3) is 6.38. The van der Waals surface area contributed by atoms with Crippen LogP contribution in [0.2, 0.25) is 10.0 Å². The molecule has 7 heteroatoms. The molecule has 5 nitrogen and oxygen atoms in total. The Balaban J connectivity index is 1.29. The predicted molar refractivity (Wildman–Crippen MR) is 133 cm³/mol. The van der Waals surface area contributed by atoms with Crippen molar-refractivity contribution >= 4 is 41.1 Å². The Hall–Kier alpha value is -2.34. The summed E-state index contributed by atoms with van der Waals surface area (Å²) in [6.45, 7) is 4.52. The number of hydrogen-bond acceptors (Lipinski definition) is 3. The number of amides is 2. The van der Waals surface area contributed by atoms with Crippen LogP contribution in [0.1, 0.15) is 30.4 Å². The quantitative estimate of drug-likeness (QED) is 0.574. The van der Waals surface area contributed by atoms with E-state index in [1.807, 2.05) is 17.0 Å². The van der Waals surface area contributed by atoms with E-state index < -0.39 is 0 Å². The molecule has 0 N–H and O–H groups in total. The summed E-state index contributed by atoms with van der Waals surface area (Å²) >= 11 is 12.0. The fraction of sp³-hybridized carbons (Fsp3) is 0.385. The highest BCUT2D eigenvalue weighted by Crippen LogP contribution is 2.24. The Labute approximate surface area is 205 Å². The smallest absolute Gasteiger partial charge is 0.246 e. The van der Waals surface area contributed by atoms with Gasteiger partial charge in [-0.2, -0.15) is 0 Å². The fourth-order valence-electron chi connectivity index (χ4n) is 4.57. The molecule has 4 rings (SSSR count). The van der Waals surface area contributed by atoms with Crippen LogP contribution in [0.15, 0.2) is 54.6 Å². The molecule has 174 valence electrons. The molecule has 33 heavy (non-hydrogen) atoms. The lowest BCUT2D eigenvalue weighted by molar-refractivity contribution is -0.133. The maximum absolute atomic E-state index is 12.8. The normalized spacial score (nSPS) is 18.7. The van der Waals surface area contributed by atoms with Gasteiger partial charge in [0.05, 0.1) is 10.0 Å². The summed E-state index contributed by atoms with van der Waals surface area (Å²) in [4.78, 5) is 31.8. The molecule has 2 aromatic carbocycles. The molecule has 2 aromatic rings. The number of nitrogens with zero attached hydrogens (tertiary/aromatic N) is 3. The van der Waals surface area contributed by atoms with E-state index in [1.54, 1.807) is 29.2 Å². The van der Waals surface area contributed by atoms with E-state index in [0.29, 0.717) is 36.1 Å². The van der Waals surface area contributed by atoms with Gasteiger partial charge in [-0.1, -0.05) is 59.6 Å². The highest BCUT2D eigenvalue weighted by molar-refractivity contribution is 6.42. The topological polar surface area (TPSA) is 43.9 Å². The van der Waals surface area contributed by atoms with Crippen LogP contribution in [0, 0.1) is 0 Å². The molecule has 0 saturated carbocycles. The van der Waals surface area contributed by atoms with Crippen LogP contribution in [0.4, 0.5) is 0 Å². The van der Waals surface area contributed by atoms with Crippen molar-refractivity contribution < 1.29 is 9.59 Å². The van der Waals surface area contributed by atoms with Crippen molar-refractivity contribution in [3.8, 4) is 0 Å². The monoisotopic (exact) mass is 485 g/mol. The summed E-state index contributed by atoms with van der Waals surface area (Å²) in [7, 11) is 0. The van der Waals surface area contributed by atoms with Gasteiger partial charge in [0.25, 0.3) is 0 Å². The van der Waals surface area contributed by atoms with Crippen LogP contribution in [0.3, 0.4) is 0 Å². The summed E-state index contributed by atoms with van der Waals surface area (Å²) in [5, 5.41) is 0.939. The summed E-state index contributed by atoms with van der Waals surface area (Å²) in [5.74, 6) is 0.0636. The maximum Gasteiger partial charge on any atom is 0.246 e. The van der Waals surface area contributed by atoms with Gasteiger partial charge in [-0.05, 0) is 42.2 Å². The summed E-state index contributed by atoms with van der Waals surface area (Å²) < 4.78 is 0. The van der Waals surface area contributed by atoms with Crippen molar-refractivity contribution in [1.29, 1.82) is 0 Å². The van der Waals surface area contributed by atoms with Crippen LogP contribution >= 0.6 is 23.2 Å². The van der Waals surface area contributed by atoms with Gasteiger partial charge in [0.1, 0.15) is 0 Å². The van der Waals surface area contributed by atoms with E-state index in [0.717, 1.165) is 38.0 Å². The molecular weight excluding hydrogens is 457 g/mol. The molecule has 0 bridgehead atoms. The average molecular weight is 486 g/mol. The number of carbonyl (C=O) groups excluding carboxylic acids is 2. The third-order valence-electron chi connectivity index (χ3n) is 6.45. The zero-order valence-corrected chi connectivity index (χ0v) is 20.1. The van der Waals surface area contributed by atoms with Gasteiger partial charge < -0.3 is 9.80 Å². The van der Waals surface area contributed by atoms with Gasteiger partial charge in [0, 0.05) is 57.8 Å². The molecule has 0 aromatic heterocycles. The standard InChI is InChI=1S/C26H29Cl2N3O2/c27-23-8-6-20(18-24(23)28)7-9-25(32)30-15-12-26(33)31(17-16-30)22-10-13-29(14-11-22)19-21-4-2-1-3-5-21/h1-9,18,22H,10-17,19H2/b9-7+. The summed E-state index contributed by atoms with van der Waals surface area (Å²) in [5.41, 5.74) is 2.14. The SMILES string of the molecule is O=C(/C=C/c1ccc(Cl)c(Cl)c1)N1CCC(=O)N(C2CCN(Cc3ccccc3)CC2)CC1. The van der Waals surface area contributed by atoms with E-state index >= 15 is 0 Å². The molecule has 0 spiro atoms. The lowest BCUT2D eigenvalue weighted by Crippen LogP contribution is -2.48. The van der Waals surface area contributed by atoms with Crippen molar-refractivity contribution in [2.45, 2.75) is 31.8 Å². The number of piperidine rings is 1. The number of hydrogen-bond donors (Lipinski definition) is 0. The molecule has 0 atom stereocenters. The molecule has 2 aliphatic heterocycles. The summed E-state index contributed by atoms with van der Waals surface area (Å²) in [6, 6.07) is 16.0. The van der Waals surface area contributed by atoms with E-state index in [1.165, 1.54) is 5.56 Å². The van der Waals surface area contributed by atoms with Crippen molar-refractivity contribution in [2.75, 3.05) is 32.7 Å². The van der Waals surface area contributed by atoms with Crippen LogP contribution in [-0.2, 0) is 16.1 Å². The zero-order valence-electron chi connectivity index (χ0n) is 18.6. The molecule has 2 amide bonds. The largest absolute Gasteiger partial charge is 0.338 e. The highest BCUT2D eigenvalue weighted by Gasteiger charge is 2.30. The van der Waals surface area contributed by atoms with E-state index in [4.69, 9.17) is 23.2 Å². The number of benzene rings is 2. The first-order valence-corrected chi connectivity index (χ1v) is 12.2. The summed E-state index contributed by atoms with van der Waals surface area (Å²) in [6.07, 6.45) is 5.60. The lowest BCUT2D eigenvalue weighted by atomic mass is 10.0. The molecule has 0 unspecified atom stereocenters. The van der Waals surface area contributed by atoms with Crippen molar-refractivity contribution in [2.24, 2.45) is 0 Å². The molecular formula is C26H29Cl2N3O2. The lowest BCUT2D eigenvalue weighted by Gasteiger charge is -2.38. The minimum Gasteiger partial charge on any atom is -0.338 e. The Morgan fingerprint density at radius 3 is 2.42 bits per heavy atom. The van der Waals surface area contributed by atoms with Crippen molar-refractivity contribution in [3.63, 3.8) is 0 Å². The van der Waals surface area contributed by atoms with Gasteiger partial charge in [-0.3, -0.25) is 14.5 Å². The van der Waals surface area contributed by atoms with E-state index in [-0.39, 0.29) is 17.9 Å². The average Bonchev–Trinajstić information content (AvgIpc) is 3.02. The maximum atomic E-state index is 12.8. The van der Waals surface area contributed by atoms with Crippen molar-refractivity contribution in [1.82, 2.24) is 14.7 Å². The van der Waals surface area contributed by atoms with E-state index in [9.17, 15) is 9.59 Å². The highest BCUT2D eigenvalue weighted by atomic mass is 35.5. The number of likely N-dealkylation sites (tertiary alicyclic amines) is 1. The second-order valence-corrected chi connectivity index (χ2v) is 9.48. The minimum absolute atomic E-state index is 0.0894. The van der Waals surface area contributed by atoms with Gasteiger partial charge in [-0.15, -0.1) is 0 Å². The molecule has 2 heterocycles. The number of halogens is 2. The first-order chi connectivity index (χ1) is 16.0. The molecule has 0 radical (unpaired) electrons.